The molecule has 0 unspecified atom stereocenters. The molecule has 4 rings (SSSR count). The third kappa shape index (κ3) is 3.35. The molecule has 2 aromatic carbocycles. The van der Waals surface area contributed by atoms with E-state index in [2.05, 4.69) is 21.8 Å². The molecular formula is C20H21N3O3S. The van der Waals surface area contributed by atoms with Crippen molar-refractivity contribution >= 4 is 21.8 Å². The van der Waals surface area contributed by atoms with Crippen molar-refractivity contribution in [2.75, 3.05) is 20.1 Å². The van der Waals surface area contributed by atoms with E-state index < -0.39 is 10.0 Å². The third-order valence-corrected chi connectivity index (χ3v) is 6.54. The lowest BCUT2D eigenvalue weighted by atomic mass is 9.96. The maximum absolute atomic E-state index is 12.4. The van der Waals surface area contributed by atoms with Crippen molar-refractivity contribution in [1.29, 1.82) is 0 Å². The average molecular weight is 383 g/mol. The minimum absolute atomic E-state index is 0.0380. The van der Waals surface area contributed by atoms with Crippen LogP contribution in [0.2, 0.25) is 0 Å². The van der Waals surface area contributed by atoms with Gasteiger partial charge in [-0.15, -0.1) is 4.40 Å². The first-order valence-corrected chi connectivity index (χ1v) is 10.3. The molecule has 1 saturated carbocycles. The SMILES string of the molecule is CN(CC(=O)NCC1(c2ccccc2)CC1)C1=NS(=O)(=O)c2ccccc21. The van der Waals surface area contributed by atoms with Gasteiger partial charge in [-0.3, -0.25) is 4.79 Å². The lowest BCUT2D eigenvalue weighted by molar-refractivity contribution is -0.121. The summed E-state index contributed by atoms with van der Waals surface area (Å²) < 4.78 is 28.2. The van der Waals surface area contributed by atoms with E-state index >= 15 is 0 Å². The Bertz CT molecular complexity index is 1010. The Balaban J connectivity index is 1.41. The summed E-state index contributed by atoms with van der Waals surface area (Å²) in [5.41, 5.74) is 1.82. The topological polar surface area (TPSA) is 78.8 Å². The van der Waals surface area contributed by atoms with Crippen molar-refractivity contribution < 1.29 is 13.2 Å². The second-order valence-corrected chi connectivity index (χ2v) is 8.74. The molecule has 1 fully saturated rings. The fourth-order valence-corrected chi connectivity index (χ4v) is 4.74. The largest absolute Gasteiger partial charge is 0.354 e. The van der Waals surface area contributed by atoms with Gasteiger partial charge in [-0.1, -0.05) is 42.5 Å². The van der Waals surface area contributed by atoms with Crippen LogP contribution >= 0.6 is 0 Å². The van der Waals surface area contributed by atoms with Crippen molar-refractivity contribution in [3.8, 4) is 0 Å². The first kappa shape index (κ1) is 17.7. The molecule has 2 aliphatic rings. The molecular weight excluding hydrogens is 362 g/mol. The van der Waals surface area contributed by atoms with Crippen LogP contribution in [0.3, 0.4) is 0 Å². The van der Waals surface area contributed by atoms with Crippen molar-refractivity contribution in [3.63, 3.8) is 0 Å². The molecule has 0 aromatic heterocycles. The van der Waals surface area contributed by atoms with E-state index in [4.69, 9.17) is 0 Å². The Morgan fingerprint density at radius 2 is 1.78 bits per heavy atom. The molecule has 1 heterocycles. The number of amidine groups is 1. The molecule has 0 atom stereocenters. The van der Waals surface area contributed by atoms with Crippen LogP contribution in [0, 0.1) is 0 Å². The average Bonchev–Trinajstić information content (AvgIpc) is 3.41. The maximum atomic E-state index is 12.4. The molecule has 0 saturated heterocycles. The van der Waals surface area contributed by atoms with Crippen molar-refractivity contribution in [1.82, 2.24) is 10.2 Å². The van der Waals surface area contributed by atoms with Crippen LogP contribution in [0.5, 0.6) is 0 Å². The van der Waals surface area contributed by atoms with E-state index in [0.717, 1.165) is 12.8 Å². The molecule has 27 heavy (non-hydrogen) atoms. The van der Waals surface area contributed by atoms with E-state index in [1.807, 2.05) is 18.2 Å². The summed E-state index contributed by atoms with van der Waals surface area (Å²) in [7, 11) is -2.00. The van der Waals surface area contributed by atoms with Gasteiger partial charge < -0.3 is 10.2 Å². The van der Waals surface area contributed by atoms with E-state index in [-0.39, 0.29) is 22.8 Å². The third-order valence-electron chi connectivity index (χ3n) is 5.22. The standard InChI is InChI=1S/C20H21N3O3S/c1-23(19-16-9-5-6-10-17(16)27(25,26)22-19)13-18(24)21-14-20(11-12-20)15-7-3-2-4-8-15/h2-10H,11-14H2,1H3,(H,21,24). The summed E-state index contributed by atoms with van der Waals surface area (Å²) in [5.74, 6) is 0.161. The smallest absolute Gasteiger partial charge is 0.285 e. The lowest BCUT2D eigenvalue weighted by Gasteiger charge is -2.21. The zero-order valence-corrected chi connectivity index (χ0v) is 15.9. The van der Waals surface area contributed by atoms with Crippen molar-refractivity contribution in [2.45, 2.75) is 23.2 Å². The predicted molar refractivity (Wildman–Crippen MR) is 103 cm³/mol. The number of benzene rings is 2. The Morgan fingerprint density at radius 1 is 1.11 bits per heavy atom. The highest BCUT2D eigenvalue weighted by atomic mass is 32.2. The number of hydrogen-bond acceptors (Lipinski definition) is 4. The van der Waals surface area contributed by atoms with Crippen molar-refractivity contribution in [2.24, 2.45) is 4.40 Å². The summed E-state index contributed by atoms with van der Waals surface area (Å²) in [4.78, 5) is 14.2. The van der Waals surface area contributed by atoms with Gasteiger partial charge >= 0.3 is 0 Å². The van der Waals surface area contributed by atoms with Gasteiger partial charge in [0.05, 0.1) is 6.54 Å². The summed E-state index contributed by atoms with van der Waals surface area (Å²) in [6, 6.07) is 16.9. The van der Waals surface area contributed by atoms with Gasteiger partial charge in [-0.25, -0.2) is 0 Å². The van der Waals surface area contributed by atoms with Gasteiger partial charge in [0.25, 0.3) is 10.0 Å². The second kappa shape index (κ2) is 6.49. The predicted octanol–water partition coefficient (Wildman–Crippen LogP) is 1.92. The number of likely N-dealkylation sites (N-methyl/N-ethyl adjacent to an activating group) is 1. The number of nitrogens with one attached hydrogen (secondary N) is 1. The van der Waals surface area contributed by atoms with Gasteiger partial charge in [0.1, 0.15) is 4.90 Å². The molecule has 2 aromatic rings. The number of carbonyl (C=O) groups is 1. The Labute approximate surface area is 159 Å². The monoisotopic (exact) mass is 383 g/mol. The molecule has 1 amide bonds. The van der Waals surface area contributed by atoms with Crippen LogP contribution in [0.25, 0.3) is 0 Å². The van der Waals surface area contributed by atoms with Crippen LogP contribution in [-0.2, 0) is 20.2 Å². The quantitative estimate of drug-likeness (QED) is 0.856. The molecule has 0 radical (unpaired) electrons. The number of nitrogens with zero attached hydrogens (tertiary/aromatic N) is 2. The highest BCUT2D eigenvalue weighted by Gasteiger charge is 2.44. The van der Waals surface area contributed by atoms with E-state index in [9.17, 15) is 13.2 Å². The Hall–Kier alpha value is -2.67. The van der Waals surface area contributed by atoms with E-state index in [1.54, 1.807) is 30.1 Å². The van der Waals surface area contributed by atoms with Crippen LogP contribution in [0.4, 0.5) is 0 Å². The van der Waals surface area contributed by atoms with Crippen molar-refractivity contribution in [3.05, 3.63) is 65.7 Å². The van der Waals surface area contributed by atoms with E-state index in [1.165, 1.54) is 11.6 Å². The molecule has 6 nitrogen and oxygen atoms in total. The van der Waals surface area contributed by atoms with Crippen LogP contribution < -0.4 is 5.32 Å². The Morgan fingerprint density at radius 3 is 2.48 bits per heavy atom. The molecule has 0 spiro atoms. The Kier molecular flexibility index (Phi) is 4.26. The van der Waals surface area contributed by atoms with Crippen LogP contribution in [-0.4, -0.2) is 45.2 Å². The van der Waals surface area contributed by atoms with Gasteiger partial charge in [0.15, 0.2) is 5.84 Å². The van der Waals surface area contributed by atoms with Crippen LogP contribution in [0.1, 0.15) is 24.0 Å². The number of carbonyl (C=O) groups excluding carboxylic acids is 1. The maximum Gasteiger partial charge on any atom is 0.285 e. The minimum Gasteiger partial charge on any atom is -0.354 e. The molecule has 1 N–H and O–H groups in total. The molecule has 7 heteroatoms. The van der Waals surface area contributed by atoms with Gasteiger partial charge in [-0.05, 0) is 30.5 Å². The highest BCUT2D eigenvalue weighted by Crippen LogP contribution is 2.47. The zero-order valence-electron chi connectivity index (χ0n) is 15.1. The fraction of sp³-hybridized carbons (Fsp3) is 0.300. The second-order valence-electron chi connectivity index (χ2n) is 7.17. The fourth-order valence-electron chi connectivity index (χ4n) is 3.49. The van der Waals surface area contributed by atoms with Crippen LogP contribution in [0.15, 0.2) is 63.9 Å². The number of sulfonamides is 1. The summed E-state index contributed by atoms with van der Waals surface area (Å²) in [5, 5.41) is 3.00. The van der Waals surface area contributed by atoms with Gasteiger partial charge in [0.2, 0.25) is 5.91 Å². The first-order chi connectivity index (χ1) is 12.9. The normalized spacial score (nSPS) is 18.3. The molecule has 1 aliphatic carbocycles. The summed E-state index contributed by atoms with van der Waals surface area (Å²) in [6.45, 7) is 0.638. The summed E-state index contributed by atoms with van der Waals surface area (Å²) >= 11 is 0. The summed E-state index contributed by atoms with van der Waals surface area (Å²) in [6.07, 6.45) is 2.12. The highest BCUT2D eigenvalue weighted by molar-refractivity contribution is 7.90. The minimum atomic E-state index is -3.68. The molecule has 1 aliphatic heterocycles. The number of rotatable bonds is 5. The number of amides is 1. The molecule has 140 valence electrons. The van der Waals surface area contributed by atoms with Gasteiger partial charge in [-0.2, -0.15) is 8.42 Å². The zero-order chi connectivity index (χ0) is 19.1. The number of hydrogen-bond donors (Lipinski definition) is 1. The van der Waals surface area contributed by atoms with E-state index in [0.29, 0.717) is 17.9 Å². The van der Waals surface area contributed by atoms with Gasteiger partial charge in [0, 0.05) is 24.6 Å². The number of fused-ring (bicyclic) bond motifs is 1. The lowest BCUT2D eigenvalue weighted by Crippen LogP contribution is -2.41. The molecule has 0 bridgehead atoms. The first-order valence-electron chi connectivity index (χ1n) is 8.89.